The first-order chi connectivity index (χ1) is 15.8. The predicted molar refractivity (Wildman–Crippen MR) is 125 cm³/mol. The molecule has 0 aromatic heterocycles. The van der Waals surface area contributed by atoms with Gasteiger partial charge in [0.2, 0.25) is 0 Å². The summed E-state index contributed by atoms with van der Waals surface area (Å²) in [5.41, 5.74) is 5.37. The Bertz CT molecular complexity index is 1240. The Kier molecular flexibility index (Phi) is 7.92. The number of hydrogen-bond acceptors (Lipinski definition) is 5. The summed E-state index contributed by atoms with van der Waals surface area (Å²) in [4.78, 5) is 23.7. The van der Waals surface area contributed by atoms with Crippen LogP contribution in [0.1, 0.15) is 22.8 Å². The number of para-hydroxylation sites is 1. The third-order valence-corrected chi connectivity index (χ3v) is 6.60. The van der Waals surface area contributed by atoms with Crippen LogP contribution < -0.4 is 15.2 Å². The van der Waals surface area contributed by atoms with Crippen molar-refractivity contribution in [2.45, 2.75) is 18.4 Å². The molecule has 0 aliphatic heterocycles. The molecule has 0 aliphatic rings. The average Bonchev–Trinajstić information content (AvgIpc) is 2.82. The number of halogens is 1. The normalized spacial score (nSPS) is 10.8. The number of amides is 2. The molecular formula is C23H22ClN3O5S. The van der Waals surface area contributed by atoms with Crippen molar-refractivity contribution in [3.8, 4) is 0 Å². The van der Waals surface area contributed by atoms with Crippen LogP contribution in [0.3, 0.4) is 0 Å². The Morgan fingerprint density at radius 3 is 2.33 bits per heavy atom. The van der Waals surface area contributed by atoms with Gasteiger partial charge >= 0.3 is 6.09 Å². The molecule has 0 radical (unpaired) electrons. The highest BCUT2D eigenvalue weighted by molar-refractivity contribution is 7.92. The van der Waals surface area contributed by atoms with Crippen LogP contribution in [-0.4, -0.2) is 27.0 Å². The van der Waals surface area contributed by atoms with Gasteiger partial charge in [-0.05, 0) is 42.8 Å². The Morgan fingerprint density at radius 2 is 1.64 bits per heavy atom. The summed E-state index contributed by atoms with van der Waals surface area (Å²) < 4.78 is 33.2. The highest BCUT2D eigenvalue weighted by Crippen LogP contribution is 2.32. The third-order valence-electron chi connectivity index (χ3n) is 4.53. The van der Waals surface area contributed by atoms with Crippen molar-refractivity contribution in [3.05, 3.63) is 95.0 Å². The Labute approximate surface area is 197 Å². The summed E-state index contributed by atoms with van der Waals surface area (Å²) in [5, 5.41) is 0.268. The van der Waals surface area contributed by atoms with Crippen molar-refractivity contribution >= 4 is 39.3 Å². The number of nitrogens with one attached hydrogen (secondary N) is 2. The summed E-state index contributed by atoms with van der Waals surface area (Å²) in [5.74, 6) is -0.701. The molecular weight excluding hydrogens is 466 g/mol. The van der Waals surface area contributed by atoms with Crippen molar-refractivity contribution in [1.29, 1.82) is 0 Å². The van der Waals surface area contributed by atoms with E-state index in [-0.39, 0.29) is 28.6 Å². The Morgan fingerprint density at radius 1 is 0.939 bits per heavy atom. The first kappa shape index (κ1) is 24.1. The van der Waals surface area contributed by atoms with E-state index in [1.807, 2.05) is 30.3 Å². The van der Waals surface area contributed by atoms with Gasteiger partial charge in [-0.25, -0.2) is 18.6 Å². The molecule has 8 nitrogen and oxygen atoms in total. The fraction of sp³-hybridized carbons (Fsp3) is 0.130. The zero-order chi connectivity index (χ0) is 23.8. The molecule has 33 heavy (non-hydrogen) atoms. The second-order valence-corrected chi connectivity index (χ2v) is 9.05. The molecule has 0 aliphatic carbocycles. The van der Waals surface area contributed by atoms with Crippen molar-refractivity contribution in [3.63, 3.8) is 0 Å². The lowest BCUT2D eigenvalue weighted by atomic mass is 10.2. The van der Waals surface area contributed by atoms with Crippen LogP contribution >= 0.6 is 11.6 Å². The molecule has 172 valence electrons. The lowest BCUT2D eigenvalue weighted by molar-refractivity contribution is 0.0912. The molecule has 0 saturated carbocycles. The van der Waals surface area contributed by atoms with Crippen molar-refractivity contribution in [2.75, 3.05) is 10.9 Å². The van der Waals surface area contributed by atoms with Gasteiger partial charge in [0, 0.05) is 5.56 Å². The van der Waals surface area contributed by atoms with E-state index in [4.69, 9.17) is 11.6 Å². The quantitative estimate of drug-likeness (QED) is 0.487. The molecule has 0 unspecified atom stereocenters. The smallest absolute Gasteiger partial charge is 0.426 e. The average molecular weight is 488 g/mol. The summed E-state index contributed by atoms with van der Waals surface area (Å²) >= 11 is 6.33. The van der Waals surface area contributed by atoms with Gasteiger partial charge < -0.3 is 4.74 Å². The molecule has 2 N–H and O–H groups in total. The van der Waals surface area contributed by atoms with Crippen LogP contribution in [-0.2, 0) is 21.3 Å². The van der Waals surface area contributed by atoms with Crippen LogP contribution in [0.4, 0.5) is 10.5 Å². The number of rotatable bonds is 7. The first-order valence-corrected chi connectivity index (χ1v) is 11.8. The van der Waals surface area contributed by atoms with Crippen LogP contribution in [0.25, 0.3) is 0 Å². The van der Waals surface area contributed by atoms with E-state index < -0.39 is 22.0 Å². The number of ether oxygens (including phenoxy) is 1. The van der Waals surface area contributed by atoms with E-state index in [2.05, 4.69) is 15.6 Å². The fourth-order valence-electron chi connectivity index (χ4n) is 2.98. The number of anilines is 1. The highest BCUT2D eigenvalue weighted by atomic mass is 35.5. The van der Waals surface area contributed by atoms with E-state index in [9.17, 15) is 18.0 Å². The second-order valence-electron chi connectivity index (χ2n) is 6.78. The molecule has 0 spiro atoms. The molecule has 0 fully saturated rings. The predicted octanol–water partition coefficient (Wildman–Crippen LogP) is 4.13. The molecule has 3 aromatic rings. The van der Waals surface area contributed by atoms with Gasteiger partial charge in [0.15, 0.2) is 0 Å². The van der Waals surface area contributed by atoms with Crippen LogP contribution in [0.5, 0.6) is 0 Å². The lowest BCUT2D eigenvalue weighted by Gasteiger charge is -2.26. The summed E-state index contributed by atoms with van der Waals surface area (Å²) in [7, 11) is -4.11. The number of carbonyl (C=O) groups is 2. The standard InChI is InChI=1S/C23H22ClN3O5S/c1-2-32-23(29)26-25-22(28)18-11-8-12-19(15-18)33(30,31)27(16-17-9-4-3-5-10-17)21-14-7-6-13-20(21)24/h3-15H,2,16H2,1H3,(H,25,28)(H,26,29). The number of carbonyl (C=O) groups excluding carboxylic acids is 2. The number of benzene rings is 3. The molecule has 0 bridgehead atoms. The first-order valence-electron chi connectivity index (χ1n) is 9.97. The summed E-state index contributed by atoms with van der Waals surface area (Å²) in [6.45, 7) is 1.79. The molecule has 0 saturated heterocycles. The molecule has 3 aromatic carbocycles. The number of sulfonamides is 1. The molecule has 0 atom stereocenters. The van der Waals surface area contributed by atoms with Gasteiger partial charge in [-0.3, -0.25) is 14.5 Å². The summed E-state index contributed by atoms with van der Waals surface area (Å²) in [6.07, 6.45) is -0.831. The largest absolute Gasteiger partial charge is 0.449 e. The number of hydrazine groups is 1. The van der Waals surface area contributed by atoms with Gasteiger partial charge in [0.1, 0.15) is 0 Å². The third kappa shape index (κ3) is 6.03. The topological polar surface area (TPSA) is 105 Å². The highest BCUT2D eigenvalue weighted by Gasteiger charge is 2.27. The van der Waals surface area contributed by atoms with Gasteiger partial charge in [-0.2, -0.15) is 0 Å². The van der Waals surface area contributed by atoms with E-state index in [1.54, 1.807) is 31.2 Å². The van der Waals surface area contributed by atoms with Crippen LogP contribution in [0.15, 0.2) is 83.8 Å². The molecule has 2 amide bonds. The van der Waals surface area contributed by atoms with E-state index >= 15 is 0 Å². The van der Waals surface area contributed by atoms with Crippen molar-refractivity contribution < 1.29 is 22.7 Å². The maximum Gasteiger partial charge on any atom is 0.426 e. The Balaban J connectivity index is 1.95. The summed E-state index contributed by atoms with van der Waals surface area (Å²) in [6, 6.07) is 21.2. The van der Waals surface area contributed by atoms with Crippen LogP contribution in [0.2, 0.25) is 5.02 Å². The fourth-order valence-corrected chi connectivity index (χ4v) is 4.78. The second kappa shape index (κ2) is 10.8. The Hall–Kier alpha value is -3.56. The van der Waals surface area contributed by atoms with Gasteiger partial charge in [0.05, 0.1) is 28.8 Å². The monoisotopic (exact) mass is 487 g/mol. The minimum Gasteiger partial charge on any atom is -0.449 e. The van der Waals surface area contributed by atoms with E-state index in [0.29, 0.717) is 5.69 Å². The SMILES string of the molecule is CCOC(=O)NNC(=O)c1cccc(S(=O)(=O)N(Cc2ccccc2)c2ccccc2Cl)c1. The van der Waals surface area contributed by atoms with Gasteiger partial charge in [-0.1, -0.05) is 60.1 Å². The lowest BCUT2D eigenvalue weighted by Crippen LogP contribution is -2.42. The number of hydrogen-bond donors (Lipinski definition) is 2. The van der Waals surface area contributed by atoms with Crippen LogP contribution in [0, 0.1) is 0 Å². The minimum absolute atomic E-state index is 0.0340. The molecule has 0 heterocycles. The number of nitrogens with zero attached hydrogens (tertiary/aromatic N) is 1. The zero-order valence-corrected chi connectivity index (χ0v) is 19.3. The minimum atomic E-state index is -4.11. The zero-order valence-electron chi connectivity index (χ0n) is 17.7. The van der Waals surface area contributed by atoms with Crippen molar-refractivity contribution in [2.24, 2.45) is 0 Å². The molecule has 10 heteroatoms. The van der Waals surface area contributed by atoms with E-state index in [1.165, 1.54) is 28.6 Å². The van der Waals surface area contributed by atoms with Gasteiger partial charge in [0.25, 0.3) is 15.9 Å². The van der Waals surface area contributed by atoms with E-state index in [0.717, 1.165) is 5.56 Å². The maximum absolute atomic E-state index is 13.7. The van der Waals surface area contributed by atoms with Gasteiger partial charge in [-0.15, -0.1) is 0 Å². The van der Waals surface area contributed by atoms with Crippen molar-refractivity contribution in [1.82, 2.24) is 10.9 Å². The molecule has 3 rings (SSSR count). The maximum atomic E-state index is 13.7.